The molecule has 1 aromatic carbocycles. The predicted octanol–water partition coefficient (Wildman–Crippen LogP) is 3.90. The first kappa shape index (κ1) is 15.0. The summed E-state index contributed by atoms with van der Waals surface area (Å²) in [5.41, 5.74) is 4.23. The van der Waals surface area contributed by atoms with Crippen molar-refractivity contribution in [3.8, 4) is 5.75 Å². The third-order valence-corrected chi connectivity index (χ3v) is 2.77. The Hall–Kier alpha value is -1.10. The first-order chi connectivity index (χ1) is 8.31. The number of alkyl halides is 4. The van der Waals surface area contributed by atoms with Gasteiger partial charge in [-0.2, -0.15) is 8.78 Å². The van der Waals surface area contributed by atoms with Crippen LogP contribution >= 0.6 is 11.6 Å². The molecule has 0 saturated carbocycles. The Labute approximate surface area is 109 Å². The Kier molecular flexibility index (Phi) is 4.73. The summed E-state index contributed by atoms with van der Waals surface area (Å²) in [6.07, 6.45) is -3.17. The van der Waals surface area contributed by atoms with E-state index in [0.29, 0.717) is 29.7 Å². The molecule has 0 aliphatic heterocycles. The minimum Gasteiger partial charge on any atom is -0.429 e. The van der Waals surface area contributed by atoms with Crippen LogP contribution in [0.15, 0.2) is 12.1 Å². The van der Waals surface area contributed by atoms with Gasteiger partial charge in [-0.25, -0.2) is 4.39 Å². The van der Waals surface area contributed by atoms with Crippen LogP contribution in [0.5, 0.6) is 5.75 Å². The van der Waals surface area contributed by atoms with Crippen LogP contribution < -0.4 is 10.5 Å². The number of nitrogens with two attached hydrogens (primary N) is 1. The molecule has 1 aromatic rings. The lowest BCUT2D eigenvalue weighted by Gasteiger charge is -2.22. The van der Waals surface area contributed by atoms with E-state index >= 15 is 0 Å². The van der Waals surface area contributed by atoms with E-state index < -0.39 is 11.7 Å². The van der Waals surface area contributed by atoms with Gasteiger partial charge in [-0.1, -0.05) is 25.4 Å². The number of nitrogen functional groups attached to an aromatic ring is 1. The van der Waals surface area contributed by atoms with Gasteiger partial charge in [0.1, 0.15) is 5.75 Å². The zero-order valence-electron chi connectivity index (χ0n) is 10.1. The van der Waals surface area contributed by atoms with Gasteiger partial charge in [-0.05, 0) is 36.1 Å². The standard InChI is InChI=1S/C12H15ClF3NO/c1-3-7-5-9(17)6-8(4-2)10(7)18-12(15,16)11(13)14/h5-6,11H,3-4,17H2,1-2H3. The molecule has 1 unspecified atom stereocenters. The summed E-state index contributed by atoms with van der Waals surface area (Å²) in [7, 11) is 0. The van der Waals surface area contributed by atoms with Crippen molar-refractivity contribution in [2.75, 3.05) is 5.73 Å². The zero-order valence-corrected chi connectivity index (χ0v) is 10.9. The van der Waals surface area contributed by atoms with Crippen molar-refractivity contribution >= 4 is 17.3 Å². The third kappa shape index (κ3) is 3.22. The number of benzene rings is 1. The van der Waals surface area contributed by atoms with Gasteiger partial charge < -0.3 is 10.5 Å². The van der Waals surface area contributed by atoms with Crippen molar-refractivity contribution in [2.24, 2.45) is 0 Å². The Morgan fingerprint density at radius 1 is 1.28 bits per heavy atom. The topological polar surface area (TPSA) is 35.2 Å². The highest BCUT2D eigenvalue weighted by molar-refractivity contribution is 6.20. The molecule has 102 valence electrons. The molecule has 0 spiro atoms. The van der Waals surface area contributed by atoms with Crippen molar-refractivity contribution < 1.29 is 17.9 Å². The average molecular weight is 282 g/mol. The maximum Gasteiger partial charge on any atom is 0.444 e. The van der Waals surface area contributed by atoms with Crippen LogP contribution in [-0.4, -0.2) is 11.7 Å². The molecule has 0 aliphatic rings. The Morgan fingerprint density at radius 2 is 1.72 bits per heavy atom. The summed E-state index contributed by atoms with van der Waals surface area (Å²) < 4.78 is 43.5. The fourth-order valence-electron chi connectivity index (χ4n) is 1.62. The summed E-state index contributed by atoms with van der Waals surface area (Å²) in [5.74, 6) is -0.0394. The quantitative estimate of drug-likeness (QED) is 0.656. The molecule has 0 amide bonds. The molecule has 0 fully saturated rings. The number of rotatable bonds is 5. The van der Waals surface area contributed by atoms with Crippen molar-refractivity contribution in [1.29, 1.82) is 0 Å². The first-order valence-electron chi connectivity index (χ1n) is 5.58. The van der Waals surface area contributed by atoms with Crippen LogP contribution in [0, 0.1) is 0 Å². The van der Waals surface area contributed by atoms with Crippen LogP contribution in [0.4, 0.5) is 18.9 Å². The van der Waals surface area contributed by atoms with E-state index in [1.807, 2.05) is 0 Å². The first-order valence-corrected chi connectivity index (χ1v) is 6.01. The van der Waals surface area contributed by atoms with Gasteiger partial charge in [0.15, 0.2) is 0 Å². The second kappa shape index (κ2) is 5.69. The Bertz CT molecular complexity index is 399. The summed E-state index contributed by atoms with van der Waals surface area (Å²) in [6, 6.07) is 3.07. The Balaban J connectivity index is 3.22. The van der Waals surface area contributed by atoms with E-state index in [4.69, 9.17) is 17.3 Å². The lowest BCUT2D eigenvalue weighted by molar-refractivity contribution is -0.199. The normalized spacial score (nSPS) is 13.4. The molecule has 2 nitrogen and oxygen atoms in total. The van der Waals surface area contributed by atoms with E-state index in [0.717, 1.165) is 0 Å². The SMILES string of the molecule is CCc1cc(N)cc(CC)c1OC(F)(F)C(F)Cl. The van der Waals surface area contributed by atoms with Crippen LogP contribution in [0.2, 0.25) is 0 Å². The number of halogens is 4. The summed E-state index contributed by atoms with van der Waals surface area (Å²) >= 11 is 4.78. The van der Waals surface area contributed by atoms with Gasteiger partial charge in [0, 0.05) is 5.69 Å². The average Bonchev–Trinajstić information content (AvgIpc) is 2.30. The molecule has 6 heteroatoms. The zero-order chi connectivity index (χ0) is 13.9. The van der Waals surface area contributed by atoms with E-state index in [2.05, 4.69) is 4.74 Å². The number of ether oxygens (including phenoxy) is 1. The maximum absolute atomic E-state index is 13.2. The number of hydrogen-bond acceptors (Lipinski definition) is 2. The largest absolute Gasteiger partial charge is 0.444 e. The second-order valence-electron chi connectivity index (χ2n) is 3.84. The highest BCUT2D eigenvalue weighted by atomic mass is 35.5. The smallest absolute Gasteiger partial charge is 0.429 e. The van der Waals surface area contributed by atoms with Crippen molar-refractivity contribution in [3.63, 3.8) is 0 Å². The molecule has 0 radical (unpaired) electrons. The molecule has 0 heterocycles. The molecular formula is C12H15ClF3NO. The predicted molar refractivity (Wildman–Crippen MR) is 65.9 cm³/mol. The molecule has 0 saturated heterocycles. The van der Waals surface area contributed by atoms with Crippen LogP contribution in [-0.2, 0) is 12.8 Å². The third-order valence-electron chi connectivity index (χ3n) is 2.52. The summed E-state index contributed by atoms with van der Waals surface area (Å²) in [4.78, 5) is 0. The molecule has 1 atom stereocenters. The van der Waals surface area contributed by atoms with Gasteiger partial charge in [-0.15, -0.1) is 0 Å². The number of hydrogen-bond donors (Lipinski definition) is 1. The number of anilines is 1. The molecule has 0 aromatic heterocycles. The van der Waals surface area contributed by atoms with E-state index in [9.17, 15) is 13.2 Å². The van der Waals surface area contributed by atoms with Crippen molar-refractivity contribution in [3.05, 3.63) is 23.3 Å². The molecule has 18 heavy (non-hydrogen) atoms. The van der Waals surface area contributed by atoms with Gasteiger partial charge in [0.25, 0.3) is 5.63 Å². The minimum atomic E-state index is -4.06. The molecule has 1 rings (SSSR count). The maximum atomic E-state index is 13.2. The van der Waals surface area contributed by atoms with Gasteiger partial charge >= 0.3 is 6.11 Å². The summed E-state index contributed by atoms with van der Waals surface area (Å²) in [6.45, 7) is 3.54. The van der Waals surface area contributed by atoms with Gasteiger partial charge in [0.05, 0.1) is 0 Å². The fourth-order valence-corrected chi connectivity index (χ4v) is 1.66. The van der Waals surface area contributed by atoms with E-state index in [1.54, 1.807) is 13.8 Å². The lowest BCUT2D eigenvalue weighted by Crippen LogP contribution is -2.33. The van der Waals surface area contributed by atoms with Crippen molar-refractivity contribution in [1.82, 2.24) is 0 Å². The van der Waals surface area contributed by atoms with E-state index in [-0.39, 0.29) is 5.75 Å². The van der Waals surface area contributed by atoms with Gasteiger partial charge in [-0.3, -0.25) is 0 Å². The molecule has 2 N–H and O–H groups in total. The summed E-state index contributed by atoms with van der Waals surface area (Å²) in [5, 5.41) is 0. The molecule has 0 aliphatic carbocycles. The lowest BCUT2D eigenvalue weighted by atomic mass is 10.0. The highest BCUT2D eigenvalue weighted by Gasteiger charge is 2.42. The second-order valence-corrected chi connectivity index (χ2v) is 4.22. The monoisotopic (exact) mass is 281 g/mol. The highest BCUT2D eigenvalue weighted by Crippen LogP contribution is 2.35. The van der Waals surface area contributed by atoms with Crippen LogP contribution in [0.3, 0.4) is 0 Å². The fraction of sp³-hybridized carbons (Fsp3) is 0.500. The van der Waals surface area contributed by atoms with Crippen molar-refractivity contribution in [2.45, 2.75) is 38.4 Å². The van der Waals surface area contributed by atoms with Crippen LogP contribution in [0.25, 0.3) is 0 Å². The van der Waals surface area contributed by atoms with E-state index in [1.165, 1.54) is 12.1 Å². The van der Waals surface area contributed by atoms with Crippen LogP contribution in [0.1, 0.15) is 25.0 Å². The number of aryl methyl sites for hydroxylation is 2. The Morgan fingerprint density at radius 3 is 2.06 bits per heavy atom. The minimum absolute atomic E-state index is 0.0394. The van der Waals surface area contributed by atoms with Gasteiger partial charge in [0.2, 0.25) is 0 Å². The molecular weight excluding hydrogens is 267 g/mol. The molecule has 0 bridgehead atoms.